The molecule has 0 saturated carbocycles. The van der Waals surface area contributed by atoms with Crippen LogP contribution in [0.25, 0.3) is 0 Å². The third kappa shape index (κ3) is 2.87. The number of halogens is 1. The molecule has 1 aromatic carbocycles. The molecule has 0 atom stereocenters. The maximum atomic E-state index is 5.99. The summed E-state index contributed by atoms with van der Waals surface area (Å²) < 4.78 is 1.27. The lowest BCUT2D eigenvalue weighted by molar-refractivity contribution is 0.233. The quantitative estimate of drug-likeness (QED) is 0.639. The van der Waals surface area contributed by atoms with Crippen LogP contribution in [0.4, 0.5) is 5.69 Å². The van der Waals surface area contributed by atoms with Gasteiger partial charge in [-0.05, 0) is 52.8 Å². The molecule has 0 aromatic heterocycles. The molecule has 16 heavy (non-hydrogen) atoms. The molecule has 1 aromatic rings. The first-order valence-electron chi connectivity index (χ1n) is 5.64. The molecule has 0 amide bonds. The van der Waals surface area contributed by atoms with Crippen LogP contribution < -0.4 is 11.1 Å². The first-order chi connectivity index (χ1) is 7.66. The standard InChI is InChI=1S/C12H18IN3/c1-9-11(13)6-10(7-12(9)14)8-16-4-2-15-3-5-16/h6-7,15H,2-5,8,14H2,1H3. The Hall–Kier alpha value is -0.330. The Kier molecular flexibility index (Phi) is 4.05. The topological polar surface area (TPSA) is 41.3 Å². The van der Waals surface area contributed by atoms with Gasteiger partial charge in [0.15, 0.2) is 0 Å². The maximum absolute atomic E-state index is 5.99. The van der Waals surface area contributed by atoms with Gasteiger partial charge in [0.25, 0.3) is 0 Å². The molecule has 1 aliphatic heterocycles. The van der Waals surface area contributed by atoms with E-state index < -0.39 is 0 Å². The van der Waals surface area contributed by atoms with Crippen LogP contribution in [0.5, 0.6) is 0 Å². The van der Waals surface area contributed by atoms with Crippen LogP contribution in [0.2, 0.25) is 0 Å². The van der Waals surface area contributed by atoms with E-state index in [1.165, 1.54) is 14.7 Å². The van der Waals surface area contributed by atoms with Gasteiger partial charge in [0.05, 0.1) is 0 Å². The number of rotatable bonds is 2. The highest BCUT2D eigenvalue weighted by Crippen LogP contribution is 2.21. The predicted molar refractivity (Wildman–Crippen MR) is 76.5 cm³/mol. The van der Waals surface area contributed by atoms with E-state index in [2.05, 4.69) is 51.9 Å². The van der Waals surface area contributed by atoms with Crippen LogP contribution in [0.1, 0.15) is 11.1 Å². The Labute approximate surface area is 111 Å². The fourth-order valence-electron chi connectivity index (χ4n) is 1.98. The summed E-state index contributed by atoms with van der Waals surface area (Å²) in [6.07, 6.45) is 0. The molecule has 1 fully saturated rings. The van der Waals surface area contributed by atoms with E-state index in [1.54, 1.807) is 0 Å². The van der Waals surface area contributed by atoms with E-state index in [4.69, 9.17) is 5.73 Å². The number of hydrogen-bond donors (Lipinski definition) is 2. The van der Waals surface area contributed by atoms with E-state index in [-0.39, 0.29) is 0 Å². The lowest BCUT2D eigenvalue weighted by atomic mass is 10.1. The second-order valence-corrected chi connectivity index (χ2v) is 5.48. The number of benzene rings is 1. The van der Waals surface area contributed by atoms with Crippen LogP contribution in [0.3, 0.4) is 0 Å². The average molecular weight is 331 g/mol. The zero-order valence-electron chi connectivity index (χ0n) is 9.59. The van der Waals surface area contributed by atoms with Crippen molar-refractivity contribution in [3.05, 3.63) is 26.8 Å². The summed E-state index contributed by atoms with van der Waals surface area (Å²) in [4.78, 5) is 2.47. The van der Waals surface area contributed by atoms with E-state index in [0.29, 0.717) is 0 Å². The Bertz CT molecular complexity index is 350. The van der Waals surface area contributed by atoms with Gasteiger partial charge in [-0.25, -0.2) is 0 Å². The number of piperazine rings is 1. The molecular weight excluding hydrogens is 313 g/mol. The van der Waals surface area contributed by atoms with Crippen molar-refractivity contribution in [2.45, 2.75) is 13.5 Å². The number of hydrogen-bond acceptors (Lipinski definition) is 3. The fourth-order valence-corrected chi connectivity index (χ4v) is 2.69. The molecule has 1 heterocycles. The van der Waals surface area contributed by atoms with E-state index >= 15 is 0 Å². The first-order valence-corrected chi connectivity index (χ1v) is 6.72. The van der Waals surface area contributed by atoms with Gasteiger partial charge in [0.1, 0.15) is 0 Å². The van der Waals surface area contributed by atoms with Crippen molar-refractivity contribution in [3.63, 3.8) is 0 Å². The Morgan fingerprint density at radius 1 is 1.38 bits per heavy atom. The van der Waals surface area contributed by atoms with Gasteiger partial charge in [-0.15, -0.1) is 0 Å². The van der Waals surface area contributed by atoms with E-state index in [9.17, 15) is 0 Å². The van der Waals surface area contributed by atoms with Gasteiger partial charge in [0.2, 0.25) is 0 Å². The van der Waals surface area contributed by atoms with Crippen LogP contribution in [0, 0.1) is 10.5 Å². The largest absolute Gasteiger partial charge is 0.398 e. The van der Waals surface area contributed by atoms with Crippen LogP contribution in [0.15, 0.2) is 12.1 Å². The van der Waals surface area contributed by atoms with Gasteiger partial charge in [-0.2, -0.15) is 0 Å². The predicted octanol–water partition coefficient (Wildman–Crippen LogP) is 1.59. The van der Waals surface area contributed by atoms with Crippen molar-refractivity contribution < 1.29 is 0 Å². The third-order valence-electron chi connectivity index (χ3n) is 3.06. The van der Waals surface area contributed by atoms with Crippen molar-refractivity contribution in [1.29, 1.82) is 0 Å². The van der Waals surface area contributed by atoms with Crippen LogP contribution >= 0.6 is 22.6 Å². The second-order valence-electron chi connectivity index (χ2n) is 4.32. The third-order valence-corrected chi connectivity index (χ3v) is 4.18. The average Bonchev–Trinajstić information content (AvgIpc) is 2.27. The minimum atomic E-state index is 0.914. The van der Waals surface area contributed by atoms with E-state index in [1.807, 2.05) is 0 Å². The minimum absolute atomic E-state index is 0.914. The number of anilines is 1. The summed E-state index contributed by atoms with van der Waals surface area (Å²) >= 11 is 2.36. The van der Waals surface area contributed by atoms with Crippen molar-refractivity contribution in [1.82, 2.24) is 10.2 Å². The number of nitrogen functional groups attached to an aromatic ring is 1. The molecule has 4 heteroatoms. The highest BCUT2D eigenvalue weighted by Gasteiger charge is 2.11. The van der Waals surface area contributed by atoms with Gasteiger partial charge >= 0.3 is 0 Å². The highest BCUT2D eigenvalue weighted by atomic mass is 127. The van der Waals surface area contributed by atoms with Gasteiger partial charge in [0, 0.05) is 42.0 Å². The summed E-state index contributed by atoms with van der Waals surface area (Å²) in [5.74, 6) is 0. The molecule has 0 unspecified atom stereocenters. The van der Waals surface area contributed by atoms with Gasteiger partial charge < -0.3 is 11.1 Å². The monoisotopic (exact) mass is 331 g/mol. The van der Waals surface area contributed by atoms with Crippen LogP contribution in [-0.4, -0.2) is 31.1 Å². The summed E-state index contributed by atoms with van der Waals surface area (Å²) in [7, 11) is 0. The Morgan fingerprint density at radius 2 is 2.06 bits per heavy atom. The zero-order valence-corrected chi connectivity index (χ0v) is 11.8. The number of nitrogens with zero attached hydrogens (tertiary/aromatic N) is 1. The van der Waals surface area contributed by atoms with Crippen LogP contribution in [-0.2, 0) is 6.54 Å². The Balaban J connectivity index is 2.09. The van der Waals surface area contributed by atoms with Crippen molar-refractivity contribution in [3.8, 4) is 0 Å². The van der Waals surface area contributed by atoms with Gasteiger partial charge in [-0.1, -0.05) is 0 Å². The summed E-state index contributed by atoms with van der Waals surface area (Å²) in [5, 5.41) is 3.36. The van der Waals surface area contributed by atoms with Crippen molar-refractivity contribution in [2.75, 3.05) is 31.9 Å². The molecule has 88 valence electrons. The lowest BCUT2D eigenvalue weighted by Crippen LogP contribution is -2.42. The molecule has 0 aliphatic carbocycles. The zero-order chi connectivity index (χ0) is 11.5. The second kappa shape index (κ2) is 5.33. The molecule has 3 nitrogen and oxygen atoms in total. The molecule has 0 bridgehead atoms. The normalized spacial score (nSPS) is 17.6. The minimum Gasteiger partial charge on any atom is -0.398 e. The van der Waals surface area contributed by atoms with Gasteiger partial charge in [-0.3, -0.25) is 4.90 Å². The lowest BCUT2D eigenvalue weighted by Gasteiger charge is -2.27. The van der Waals surface area contributed by atoms with Crippen molar-refractivity contribution >= 4 is 28.3 Å². The summed E-state index contributed by atoms with van der Waals surface area (Å²) in [6, 6.07) is 4.35. The molecule has 2 rings (SSSR count). The molecule has 1 saturated heterocycles. The fraction of sp³-hybridized carbons (Fsp3) is 0.500. The summed E-state index contributed by atoms with van der Waals surface area (Å²) in [5.41, 5.74) is 9.43. The molecule has 0 spiro atoms. The molecule has 1 aliphatic rings. The highest BCUT2D eigenvalue weighted by molar-refractivity contribution is 14.1. The number of nitrogens with one attached hydrogen (secondary N) is 1. The SMILES string of the molecule is Cc1c(N)cc(CN2CCNCC2)cc1I. The summed E-state index contributed by atoms with van der Waals surface area (Å²) in [6.45, 7) is 7.54. The first kappa shape index (κ1) is 12.1. The molecule has 0 radical (unpaired) electrons. The van der Waals surface area contributed by atoms with Crippen molar-refractivity contribution in [2.24, 2.45) is 0 Å². The van der Waals surface area contributed by atoms with E-state index in [0.717, 1.165) is 38.4 Å². The number of nitrogens with two attached hydrogens (primary N) is 1. The Morgan fingerprint density at radius 3 is 2.69 bits per heavy atom. The maximum Gasteiger partial charge on any atom is 0.0357 e. The molecule has 3 N–H and O–H groups in total. The smallest absolute Gasteiger partial charge is 0.0357 e. The molecular formula is C12H18IN3.